The van der Waals surface area contributed by atoms with Crippen LogP contribution >= 0.6 is 0 Å². The number of anilines is 2. The van der Waals surface area contributed by atoms with Crippen molar-refractivity contribution in [2.24, 2.45) is 0 Å². The van der Waals surface area contributed by atoms with Gasteiger partial charge in [-0.3, -0.25) is 0 Å². The first-order valence-corrected chi connectivity index (χ1v) is 9.84. The van der Waals surface area contributed by atoms with Gasteiger partial charge in [-0.25, -0.2) is 9.97 Å². The third kappa shape index (κ3) is 3.94. The van der Waals surface area contributed by atoms with Gasteiger partial charge in [-0.1, -0.05) is 0 Å². The van der Waals surface area contributed by atoms with Crippen LogP contribution in [0.3, 0.4) is 0 Å². The van der Waals surface area contributed by atoms with Gasteiger partial charge in [0.2, 0.25) is 0 Å². The Bertz CT molecular complexity index is 608. The summed E-state index contributed by atoms with van der Waals surface area (Å²) in [6, 6.07) is 3.27. The number of likely N-dealkylation sites (tertiary alicyclic amines) is 1. The number of ether oxygens (including phenoxy) is 1. The number of aromatic nitrogens is 2. The summed E-state index contributed by atoms with van der Waals surface area (Å²) in [6.45, 7) is 3.96. The highest BCUT2D eigenvalue weighted by atomic mass is 16.5. The molecule has 1 unspecified atom stereocenters. The molecule has 1 atom stereocenters. The smallest absolute Gasteiger partial charge is 0.134 e. The van der Waals surface area contributed by atoms with Gasteiger partial charge in [0, 0.05) is 64.9 Å². The fraction of sp³-hybridized carbons (Fsp3) is 0.789. The van der Waals surface area contributed by atoms with Crippen molar-refractivity contribution in [1.82, 2.24) is 14.9 Å². The summed E-state index contributed by atoms with van der Waals surface area (Å²) >= 11 is 0. The van der Waals surface area contributed by atoms with Crippen molar-refractivity contribution in [3.63, 3.8) is 0 Å². The fourth-order valence-electron chi connectivity index (χ4n) is 4.24. The summed E-state index contributed by atoms with van der Waals surface area (Å²) < 4.78 is 5.39. The normalized spacial score (nSPS) is 27.7. The number of rotatable bonds is 6. The molecule has 1 aromatic rings. The molecule has 0 bridgehead atoms. The largest absolute Gasteiger partial charge is 0.386 e. The Morgan fingerprint density at radius 1 is 1.15 bits per heavy atom. The lowest BCUT2D eigenvalue weighted by atomic mass is 9.98. The molecule has 1 saturated carbocycles. The van der Waals surface area contributed by atoms with Gasteiger partial charge >= 0.3 is 0 Å². The van der Waals surface area contributed by atoms with Gasteiger partial charge in [-0.15, -0.1) is 0 Å². The van der Waals surface area contributed by atoms with Crippen molar-refractivity contribution in [3.8, 4) is 0 Å². The summed E-state index contributed by atoms with van der Waals surface area (Å²) in [4.78, 5) is 15.9. The molecule has 3 heterocycles. The van der Waals surface area contributed by atoms with Crippen LogP contribution in [-0.2, 0) is 4.74 Å². The second-order valence-electron chi connectivity index (χ2n) is 8.30. The maximum Gasteiger partial charge on any atom is 0.134 e. The lowest BCUT2D eigenvalue weighted by molar-refractivity contribution is -0.00971. The average molecular weight is 361 g/mol. The fourth-order valence-corrected chi connectivity index (χ4v) is 4.24. The second-order valence-corrected chi connectivity index (χ2v) is 8.30. The summed E-state index contributed by atoms with van der Waals surface area (Å²) in [5, 5.41) is 10.6. The predicted molar refractivity (Wildman–Crippen MR) is 102 cm³/mol. The summed E-state index contributed by atoms with van der Waals surface area (Å²) in [5.74, 6) is 2.02. The lowest BCUT2D eigenvalue weighted by Gasteiger charge is -2.41. The Morgan fingerprint density at radius 2 is 1.85 bits per heavy atom. The van der Waals surface area contributed by atoms with Gasteiger partial charge < -0.3 is 24.5 Å². The quantitative estimate of drug-likeness (QED) is 0.815. The first-order valence-electron chi connectivity index (χ1n) is 9.84. The van der Waals surface area contributed by atoms with Gasteiger partial charge in [0.25, 0.3) is 0 Å². The molecule has 2 saturated heterocycles. The van der Waals surface area contributed by atoms with E-state index >= 15 is 0 Å². The topological polar surface area (TPSA) is 65.0 Å². The molecule has 3 fully saturated rings. The van der Waals surface area contributed by atoms with E-state index in [-0.39, 0.29) is 0 Å². The van der Waals surface area contributed by atoms with E-state index in [0.717, 1.165) is 50.5 Å². The van der Waals surface area contributed by atoms with Crippen molar-refractivity contribution >= 4 is 11.6 Å². The molecule has 2 aliphatic heterocycles. The van der Waals surface area contributed by atoms with E-state index in [4.69, 9.17) is 4.74 Å². The van der Waals surface area contributed by atoms with E-state index in [1.807, 2.05) is 19.0 Å². The zero-order chi connectivity index (χ0) is 18.1. The molecular formula is C19H31N5O2. The Labute approximate surface area is 156 Å². The van der Waals surface area contributed by atoms with E-state index < -0.39 is 5.60 Å². The molecule has 7 nitrogen and oxygen atoms in total. The average Bonchev–Trinajstić information content (AvgIpc) is 3.37. The first-order chi connectivity index (χ1) is 12.5. The summed E-state index contributed by atoms with van der Waals surface area (Å²) in [6.07, 6.45) is 7.21. The molecule has 3 aliphatic rings. The Morgan fingerprint density at radius 3 is 2.46 bits per heavy atom. The number of hydrogen-bond donors (Lipinski definition) is 1. The van der Waals surface area contributed by atoms with E-state index in [0.29, 0.717) is 25.3 Å². The third-order valence-corrected chi connectivity index (χ3v) is 5.85. The van der Waals surface area contributed by atoms with Crippen LogP contribution in [0.4, 0.5) is 11.6 Å². The van der Waals surface area contributed by atoms with E-state index in [2.05, 4.69) is 25.8 Å². The molecule has 26 heavy (non-hydrogen) atoms. The molecule has 4 rings (SSSR count). The van der Waals surface area contributed by atoms with Crippen LogP contribution in [0, 0.1) is 0 Å². The summed E-state index contributed by atoms with van der Waals surface area (Å²) in [7, 11) is 4.03. The molecule has 0 amide bonds. The van der Waals surface area contributed by atoms with E-state index in [9.17, 15) is 5.11 Å². The zero-order valence-electron chi connectivity index (χ0n) is 16.0. The molecule has 144 valence electrons. The highest BCUT2D eigenvalue weighted by molar-refractivity contribution is 5.51. The zero-order valence-corrected chi connectivity index (χ0v) is 16.0. The molecule has 0 spiro atoms. The molecule has 1 N–H and O–H groups in total. The van der Waals surface area contributed by atoms with Crippen molar-refractivity contribution < 1.29 is 9.84 Å². The molecular weight excluding hydrogens is 330 g/mol. The highest BCUT2D eigenvalue weighted by Crippen LogP contribution is 2.36. The van der Waals surface area contributed by atoms with Crippen molar-refractivity contribution in [1.29, 1.82) is 0 Å². The SMILES string of the molecule is CN(C)c1cc(N(C2CC2)C2CCN(CC3(O)CCOC3)CC2)ncn1. The molecule has 1 aromatic heterocycles. The van der Waals surface area contributed by atoms with Gasteiger partial charge in [0.1, 0.15) is 23.6 Å². The summed E-state index contributed by atoms with van der Waals surface area (Å²) in [5.41, 5.74) is -0.643. The first kappa shape index (κ1) is 17.9. The van der Waals surface area contributed by atoms with Crippen LogP contribution < -0.4 is 9.80 Å². The number of β-amino-alcohol motifs (C(OH)–C–C–N with tert-alkyl or cyclic N) is 1. The van der Waals surface area contributed by atoms with Crippen LogP contribution in [-0.4, -0.2) is 84.6 Å². The minimum absolute atomic E-state index is 0.482. The van der Waals surface area contributed by atoms with Crippen LogP contribution in [0.25, 0.3) is 0 Å². The standard InChI is InChI=1S/C19H31N5O2/c1-22(2)17-11-18(21-14-20-17)24(15-3-4-15)16-5-8-23(9-6-16)12-19(25)7-10-26-13-19/h11,14-16,25H,3-10,12-13H2,1-2H3. The van der Waals surface area contributed by atoms with Crippen LogP contribution in [0.15, 0.2) is 12.4 Å². The second kappa shape index (κ2) is 7.29. The monoisotopic (exact) mass is 361 g/mol. The Kier molecular flexibility index (Phi) is 5.03. The van der Waals surface area contributed by atoms with Gasteiger partial charge in [-0.2, -0.15) is 0 Å². The Balaban J connectivity index is 1.40. The maximum atomic E-state index is 10.6. The predicted octanol–water partition coefficient (Wildman–Crippen LogP) is 1.13. The van der Waals surface area contributed by atoms with E-state index in [1.165, 1.54) is 12.8 Å². The lowest BCUT2D eigenvalue weighted by Crippen LogP contribution is -2.51. The third-order valence-electron chi connectivity index (χ3n) is 5.85. The number of hydrogen-bond acceptors (Lipinski definition) is 7. The van der Waals surface area contributed by atoms with Crippen molar-refractivity contribution in [2.45, 2.75) is 49.8 Å². The molecule has 0 radical (unpaired) electrons. The molecule has 7 heteroatoms. The van der Waals surface area contributed by atoms with Crippen LogP contribution in [0.5, 0.6) is 0 Å². The Hall–Kier alpha value is -1.44. The van der Waals surface area contributed by atoms with E-state index in [1.54, 1.807) is 6.33 Å². The van der Waals surface area contributed by atoms with Gasteiger partial charge in [0.15, 0.2) is 0 Å². The number of piperidine rings is 1. The van der Waals surface area contributed by atoms with Gasteiger partial charge in [-0.05, 0) is 25.7 Å². The van der Waals surface area contributed by atoms with Crippen LogP contribution in [0.2, 0.25) is 0 Å². The maximum absolute atomic E-state index is 10.6. The van der Waals surface area contributed by atoms with Crippen molar-refractivity contribution in [2.75, 3.05) is 56.7 Å². The number of nitrogens with zero attached hydrogens (tertiary/aromatic N) is 5. The minimum Gasteiger partial charge on any atom is -0.386 e. The minimum atomic E-state index is -0.643. The highest BCUT2D eigenvalue weighted by Gasteiger charge is 2.39. The van der Waals surface area contributed by atoms with Crippen molar-refractivity contribution in [3.05, 3.63) is 12.4 Å². The number of aliphatic hydroxyl groups is 1. The van der Waals surface area contributed by atoms with Gasteiger partial charge in [0.05, 0.1) is 6.61 Å². The van der Waals surface area contributed by atoms with Crippen LogP contribution in [0.1, 0.15) is 32.1 Å². The molecule has 1 aliphatic carbocycles. The molecule has 0 aromatic carbocycles.